The maximum Gasteiger partial charge on any atom is 0.303 e. The molecule has 1 rings (SSSR count). The van der Waals surface area contributed by atoms with E-state index in [0.29, 0.717) is 24.8 Å². The molecule has 3 N–H and O–H groups in total. The Bertz CT molecular complexity index is 489. The molecule has 0 saturated carbocycles. The fourth-order valence-electron chi connectivity index (χ4n) is 2.24. The van der Waals surface area contributed by atoms with Crippen LogP contribution in [0, 0.1) is 22.0 Å². The normalized spacial score (nSPS) is 13.4. The first-order chi connectivity index (χ1) is 10.4. The molecule has 0 heterocycles. The van der Waals surface area contributed by atoms with Crippen molar-refractivity contribution in [3.63, 3.8) is 0 Å². The van der Waals surface area contributed by atoms with E-state index in [1.165, 1.54) is 12.1 Å². The molecule has 0 aliphatic rings. The number of aliphatic carboxylic acids is 1. The fraction of sp³-hybridized carbons (Fsp3) is 0.533. The second-order valence-corrected chi connectivity index (χ2v) is 5.43. The molecule has 2 unspecified atom stereocenters. The van der Waals surface area contributed by atoms with E-state index in [9.17, 15) is 14.9 Å². The summed E-state index contributed by atoms with van der Waals surface area (Å²) in [6.45, 7) is 2.87. The Hall–Kier alpha value is -2.15. The van der Waals surface area contributed by atoms with Gasteiger partial charge in [0.1, 0.15) is 5.75 Å². The molecule has 0 amide bonds. The predicted molar refractivity (Wildman–Crippen MR) is 81.8 cm³/mol. The number of benzene rings is 1. The number of carboxylic acids is 1. The summed E-state index contributed by atoms with van der Waals surface area (Å²) in [7, 11) is 0. The topological polar surface area (TPSA) is 116 Å². The van der Waals surface area contributed by atoms with Gasteiger partial charge in [-0.25, -0.2) is 0 Å². The number of nitrogens with zero attached hydrogens (tertiary/aromatic N) is 1. The maximum atomic E-state index is 10.7. The lowest BCUT2D eigenvalue weighted by Crippen LogP contribution is -2.21. The molecular formula is C15H22N2O5. The van der Waals surface area contributed by atoms with Crippen LogP contribution in [-0.2, 0) is 4.79 Å². The second-order valence-electron chi connectivity index (χ2n) is 5.43. The maximum absolute atomic E-state index is 10.7. The average molecular weight is 310 g/mol. The van der Waals surface area contributed by atoms with Crippen LogP contribution in [0.3, 0.4) is 0 Å². The van der Waals surface area contributed by atoms with E-state index in [1.54, 1.807) is 12.1 Å². The molecule has 22 heavy (non-hydrogen) atoms. The summed E-state index contributed by atoms with van der Waals surface area (Å²) in [6, 6.07) is 5.93. The Morgan fingerprint density at radius 3 is 2.55 bits per heavy atom. The van der Waals surface area contributed by atoms with Gasteiger partial charge < -0.3 is 15.6 Å². The van der Waals surface area contributed by atoms with Crippen molar-refractivity contribution in [2.45, 2.75) is 26.2 Å². The molecule has 0 aliphatic heterocycles. The minimum atomic E-state index is -0.829. The van der Waals surface area contributed by atoms with Crippen molar-refractivity contribution < 1.29 is 19.6 Å². The first kappa shape index (κ1) is 17.9. The first-order valence-corrected chi connectivity index (χ1v) is 7.21. The second kappa shape index (κ2) is 8.99. The van der Waals surface area contributed by atoms with Gasteiger partial charge in [0.2, 0.25) is 0 Å². The highest BCUT2D eigenvalue weighted by molar-refractivity contribution is 5.67. The number of ether oxygens (including phenoxy) is 1. The van der Waals surface area contributed by atoms with Crippen LogP contribution in [0.1, 0.15) is 26.2 Å². The molecule has 1 aromatic carbocycles. The molecule has 122 valence electrons. The van der Waals surface area contributed by atoms with Gasteiger partial charge in [0, 0.05) is 18.6 Å². The van der Waals surface area contributed by atoms with Gasteiger partial charge in [-0.05, 0) is 43.4 Å². The van der Waals surface area contributed by atoms with E-state index < -0.39 is 10.9 Å². The van der Waals surface area contributed by atoms with Crippen molar-refractivity contribution in [3.8, 4) is 5.75 Å². The van der Waals surface area contributed by atoms with E-state index in [0.717, 1.165) is 12.8 Å². The third-order valence-corrected chi connectivity index (χ3v) is 3.46. The lowest BCUT2D eigenvalue weighted by atomic mass is 9.91. The Morgan fingerprint density at radius 2 is 2.05 bits per heavy atom. The van der Waals surface area contributed by atoms with Crippen molar-refractivity contribution in [1.82, 2.24) is 0 Å². The van der Waals surface area contributed by atoms with Crippen molar-refractivity contribution in [1.29, 1.82) is 0 Å². The smallest absolute Gasteiger partial charge is 0.303 e. The zero-order valence-corrected chi connectivity index (χ0v) is 12.6. The highest BCUT2D eigenvalue weighted by Crippen LogP contribution is 2.20. The zero-order chi connectivity index (χ0) is 16.5. The monoisotopic (exact) mass is 310 g/mol. The number of carboxylic acid groups (broad SMARTS) is 1. The first-order valence-electron chi connectivity index (χ1n) is 7.21. The van der Waals surface area contributed by atoms with Gasteiger partial charge in [-0.3, -0.25) is 14.9 Å². The van der Waals surface area contributed by atoms with Crippen LogP contribution in [-0.4, -0.2) is 29.2 Å². The Labute approximate surface area is 129 Å². The van der Waals surface area contributed by atoms with Crippen molar-refractivity contribution in [2.24, 2.45) is 17.6 Å². The average Bonchev–Trinajstić information content (AvgIpc) is 2.46. The molecule has 1 aromatic rings. The van der Waals surface area contributed by atoms with E-state index in [1.807, 2.05) is 6.92 Å². The van der Waals surface area contributed by atoms with Crippen LogP contribution in [0.4, 0.5) is 5.69 Å². The molecular weight excluding hydrogens is 288 g/mol. The van der Waals surface area contributed by atoms with Gasteiger partial charge in [0.15, 0.2) is 0 Å². The van der Waals surface area contributed by atoms with E-state index in [-0.39, 0.29) is 18.0 Å². The van der Waals surface area contributed by atoms with Crippen LogP contribution in [0.5, 0.6) is 5.75 Å². The summed E-state index contributed by atoms with van der Waals surface area (Å²) in [4.78, 5) is 20.8. The summed E-state index contributed by atoms with van der Waals surface area (Å²) in [5.41, 5.74) is 5.61. The minimum absolute atomic E-state index is 0.0214. The lowest BCUT2D eigenvalue weighted by Gasteiger charge is -2.18. The quantitative estimate of drug-likeness (QED) is 0.506. The summed E-state index contributed by atoms with van der Waals surface area (Å²) in [5.74, 6) is 0.0290. The minimum Gasteiger partial charge on any atom is -0.494 e. The van der Waals surface area contributed by atoms with E-state index in [4.69, 9.17) is 15.6 Å². The van der Waals surface area contributed by atoms with Crippen LogP contribution < -0.4 is 10.5 Å². The van der Waals surface area contributed by atoms with Crippen molar-refractivity contribution in [3.05, 3.63) is 34.4 Å². The molecule has 7 nitrogen and oxygen atoms in total. The standard InChI is InChI=1S/C15H22N2O5/c1-11(8-12(10-16)9-15(18)19)6-7-22-14-4-2-13(3-5-14)17(20)21/h2-5,11-12H,6-10,16H2,1H3,(H,18,19). The number of nitro benzene ring substituents is 1. The number of nitro groups is 1. The van der Waals surface area contributed by atoms with Gasteiger partial charge >= 0.3 is 5.97 Å². The summed E-state index contributed by atoms with van der Waals surface area (Å²) in [5, 5.41) is 19.3. The van der Waals surface area contributed by atoms with Gasteiger partial charge in [-0.2, -0.15) is 0 Å². The zero-order valence-electron chi connectivity index (χ0n) is 12.6. The van der Waals surface area contributed by atoms with Gasteiger partial charge in [0.25, 0.3) is 5.69 Å². The van der Waals surface area contributed by atoms with Gasteiger partial charge in [-0.1, -0.05) is 6.92 Å². The molecule has 0 radical (unpaired) electrons. The van der Waals surface area contributed by atoms with Gasteiger partial charge in [0.05, 0.1) is 11.5 Å². The van der Waals surface area contributed by atoms with Crippen LogP contribution in [0.2, 0.25) is 0 Å². The highest BCUT2D eigenvalue weighted by atomic mass is 16.6. The summed E-state index contributed by atoms with van der Waals surface area (Å²) < 4.78 is 5.54. The van der Waals surface area contributed by atoms with Crippen molar-refractivity contribution in [2.75, 3.05) is 13.2 Å². The van der Waals surface area contributed by atoms with E-state index >= 15 is 0 Å². The predicted octanol–water partition coefficient (Wildman–Crippen LogP) is 2.44. The third kappa shape index (κ3) is 6.53. The van der Waals surface area contributed by atoms with E-state index in [2.05, 4.69) is 0 Å². The van der Waals surface area contributed by atoms with Crippen molar-refractivity contribution >= 4 is 11.7 Å². The number of rotatable bonds is 10. The largest absolute Gasteiger partial charge is 0.494 e. The number of hydrogen-bond acceptors (Lipinski definition) is 5. The number of carbonyl (C=O) groups is 1. The molecule has 0 fully saturated rings. The SMILES string of the molecule is CC(CCOc1ccc([N+](=O)[O-])cc1)CC(CN)CC(=O)O. The Morgan fingerprint density at radius 1 is 1.41 bits per heavy atom. The molecule has 0 spiro atoms. The van der Waals surface area contributed by atoms with Gasteiger partial charge in [-0.15, -0.1) is 0 Å². The Kier molecular flexibility index (Phi) is 7.31. The Balaban J connectivity index is 2.33. The number of hydrogen-bond donors (Lipinski definition) is 2. The molecule has 0 aromatic heterocycles. The molecule has 0 saturated heterocycles. The molecule has 7 heteroatoms. The third-order valence-electron chi connectivity index (χ3n) is 3.46. The van der Waals surface area contributed by atoms with Crippen LogP contribution in [0.15, 0.2) is 24.3 Å². The molecule has 2 atom stereocenters. The molecule has 0 bridgehead atoms. The van der Waals surface area contributed by atoms with Crippen LogP contribution >= 0.6 is 0 Å². The van der Waals surface area contributed by atoms with Crippen LogP contribution in [0.25, 0.3) is 0 Å². The summed E-state index contributed by atoms with van der Waals surface area (Å²) >= 11 is 0. The fourth-order valence-corrected chi connectivity index (χ4v) is 2.24. The number of nitrogens with two attached hydrogens (primary N) is 1. The lowest BCUT2D eigenvalue weighted by molar-refractivity contribution is -0.384. The highest BCUT2D eigenvalue weighted by Gasteiger charge is 2.15. The number of non-ortho nitro benzene ring substituents is 1. The summed E-state index contributed by atoms with van der Waals surface area (Å²) in [6.07, 6.45) is 1.60. The molecule has 0 aliphatic carbocycles.